The fourth-order valence-corrected chi connectivity index (χ4v) is 3.14. The van der Waals surface area contributed by atoms with Gasteiger partial charge in [-0.1, -0.05) is 6.07 Å². The van der Waals surface area contributed by atoms with E-state index in [4.69, 9.17) is 0 Å². The van der Waals surface area contributed by atoms with Crippen LogP contribution in [0.2, 0.25) is 0 Å². The van der Waals surface area contributed by atoms with Gasteiger partial charge in [-0.15, -0.1) is 0 Å². The number of anilines is 4. The monoisotopic (exact) mass is 459 g/mol. The first-order valence-electron chi connectivity index (χ1n) is 8.68. The fraction of sp³-hybridized carbons (Fsp3) is 0.438. The maximum atomic E-state index is 11.6. The fourth-order valence-electron chi connectivity index (χ4n) is 2.20. The van der Waals surface area contributed by atoms with Crippen LogP contribution < -0.4 is 15.1 Å². The lowest BCUT2D eigenvalue weighted by atomic mass is 10.3. The van der Waals surface area contributed by atoms with Crippen LogP contribution >= 0.6 is 0 Å². The number of sulfonamides is 1. The third kappa shape index (κ3) is 6.48. The van der Waals surface area contributed by atoms with E-state index in [1.807, 2.05) is 0 Å². The number of aromatic nitrogens is 3. The van der Waals surface area contributed by atoms with Crippen molar-refractivity contribution in [3.05, 3.63) is 24.3 Å². The van der Waals surface area contributed by atoms with Gasteiger partial charge in [-0.25, -0.2) is 12.7 Å². The predicted molar refractivity (Wildman–Crippen MR) is 114 cm³/mol. The van der Waals surface area contributed by atoms with Gasteiger partial charge in [0.05, 0.1) is 11.2 Å². The van der Waals surface area contributed by atoms with Crippen LogP contribution in [0.5, 0.6) is 0 Å². The molecule has 0 saturated carbocycles. The van der Waals surface area contributed by atoms with Gasteiger partial charge in [0.15, 0.2) is 0 Å². The van der Waals surface area contributed by atoms with Gasteiger partial charge in [0.25, 0.3) is 10.1 Å². The van der Waals surface area contributed by atoms with Crippen molar-refractivity contribution in [1.29, 1.82) is 0 Å². The Morgan fingerprint density at radius 1 is 0.967 bits per heavy atom. The van der Waals surface area contributed by atoms with Gasteiger partial charge in [-0.05, 0) is 18.2 Å². The maximum Gasteiger partial charge on any atom is 0.294 e. The van der Waals surface area contributed by atoms with E-state index in [1.54, 1.807) is 37.0 Å². The van der Waals surface area contributed by atoms with Crippen molar-refractivity contribution in [2.45, 2.75) is 4.90 Å². The zero-order chi connectivity index (χ0) is 22.7. The van der Waals surface area contributed by atoms with Gasteiger partial charge >= 0.3 is 0 Å². The van der Waals surface area contributed by atoms with Crippen LogP contribution in [0.15, 0.2) is 29.2 Å². The molecule has 1 aromatic heterocycles. The molecule has 0 unspecified atom stereocenters. The molecule has 166 valence electrons. The summed E-state index contributed by atoms with van der Waals surface area (Å²) in [6, 6.07) is 5.57. The van der Waals surface area contributed by atoms with Gasteiger partial charge in [0, 0.05) is 47.0 Å². The summed E-state index contributed by atoms with van der Waals surface area (Å²) in [6.45, 7) is 0.565. The van der Waals surface area contributed by atoms with E-state index in [0.29, 0.717) is 24.1 Å². The van der Waals surface area contributed by atoms with E-state index in [1.165, 1.54) is 29.6 Å². The molecule has 30 heavy (non-hydrogen) atoms. The summed E-state index contributed by atoms with van der Waals surface area (Å²) in [5, 5.41) is 2.90. The van der Waals surface area contributed by atoms with Crippen molar-refractivity contribution in [3.63, 3.8) is 0 Å². The average Bonchev–Trinajstić information content (AvgIpc) is 2.64. The molecule has 0 aliphatic heterocycles. The molecule has 0 bridgehead atoms. The summed E-state index contributed by atoms with van der Waals surface area (Å²) in [4.78, 5) is 16.0. The zero-order valence-electron chi connectivity index (χ0n) is 17.3. The summed E-state index contributed by atoms with van der Waals surface area (Å²) in [5.41, 5.74) is 0.353. The number of hydrogen-bond acceptors (Lipinski definition) is 10. The Balaban J connectivity index is 2.30. The summed E-state index contributed by atoms with van der Waals surface area (Å²) >= 11 is 0. The first-order valence-corrected chi connectivity index (χ1v) is 12.0. The minimum absolute atomic E-state index is 0.152. The van der Waals surface area contributed by atoms with Gasteiger partial charge in [-0.3, -0.25) is 4.55 Å². The molecule has 0 aliphatic carbocycles. The Bertz CT molecular complexity index is 1110. The Morgan fingerprint density at radius 3 is 2.17 bits per heavy atom. The van der Waals surface area contributed by atoms with Gasteiger partial charge in [0.1, 0.15) is 0 Å². The number of rotatable bonds is 9. The highest BCUT2D eigenvalue weighted by Gasteiger charge is 2.16. The van der Waals surface area contributed by atoms with Gasteiger partial charge in [0.2, 0.25) is 27.9 Å². The second-order valence-corrected chi connectivity index (χ2v) is 10.3. The van der Waals surface area contributed by atoms with E-state index >= 15 is 0 Å². The highest BCUT2D eigenvalue weighted by molar-refractivity contribution is 7.88. The Labute approximate surface area is 176 Å². The smallest absolute Gasteiger partial charge is 0.294 e. The minimum Gasteiger partial charge on any atom is -0.347 e. The van der Waals surface area contributed by atoms with Crippen LogP contribution in [0.1, 0.15) is 0 Å². The van der Waals surface area contributed by atoms with Gasteiger partial charge < -0.3 is 15.1 Å². The number of hydrogen-bond donors (Lipinski definition) is 2. The average molecular weight is 460 g/mol. The number of benzene rings is 1. The molecule has 0 saturated heterocycles. The molecule has 0 fully saturated rings. The van der Waals surface area contributed by atoms with Gasteiger partial charge in [-0.2, -0.15) is 23.4 Å². The van der Waals surface area contributed by atoms with Crippen molar-refractivity contribution < 1.29 is 21.4 Å². The van der Waals surface area contributed by atoms with Crippen LogP contribution in [-0.4, -0.2) is 88.2 Å². The first-order chi connectivity index (χ1) is 13.8. The van der Waals surface area contributed by atoms with Crippen LogP contribution in [-0.2, 0) is 20.1 Å². The summed E-state index contributed by atoms with van der Waals surface area (Å²) < 4.78 is 56.3. The molecule has 0 spiro atoms. The largest absolute Gasteiger partial charge is 0.347 e. The summed E-state index contributed by atoms with van der Waals surface area (Å²) in [5.74, 6) is 0.792. The summed E-state index contributed by atoms with van der Waals surface area (Å²) in [6.07, 6.45) is 1.13. The molecule has 0 amide bonds. The lowest BCUT2D eigenvalue weighted by Crippen LogP contribution is -2.35. The molecule has 2 rings (SSSR count). The maximum absolute atomic E-state index is 11.6. The SMILES string of the molecule is CN(C)c1nc(Nc2cccc(S(=O)(=O)O)c2)nc(N(C)CCN(C)S(C)(=O)=O)n1. The second-order valence-electron chi connectivity index (χ2n) is 6.79. The van der Waals surface area contributed by atoms with Crippen molar-refractivity contribution >= 4 is 43.7 Å². The first kappa shape index (κ1) is 23.7. The quantitative estimate of drug-likeness (QED) is 0.497. The van der Waals surface area contributed by atoms with E-state index in [9.17, 15) is 21.4 Å². The molecule has 1 heterocycles. The minimum atomic E-state index is -4.35. The number of likely N-dealkylation sites (N-methyl/N-ethyl adjacent to an activating group) is 2. The van der Waals surface area contributed by atoms with E-state index in [2.05, 4.69) is 20.3 Å². The highest BCUT2D eigenvalue weighted by Crippen LogP contribution is 2.21. The third-order valence-electron chi connectivity index (χ3n) is 4.06. The van der Waals surface area contributed by atoms with Crippen LogP contribution in [0, 0.1) is 0 Å². The lowest BCUT2D eigenvalue weighted by molar-refractivity contribution is 0.478. The standard InChI is InChI=1S/C16H25N7O5S2/c1-21(2)15-18-14(17-12-7-6-8-13(11-12)30(26,27)28)19-16(20-15)22(3)9-10-23(4)29(5,24)25/h6-8,11H,9-10H2,1-5H3,(H,26,27,28)(H,17,18,19,20). The molecule has 2 N–H and O–H groups in total. The van der Waals surface area contributed by atoms with Crippen molar-refractivity contribution in [1.82, 2.24) is 19.3 Å². The predicted octanol–water partition coefficient (Wildman–Crippen LogP) is 0.256. The molecular formula is C16H25N7O5S2. The number of nitrogens with one attached hydrogen (secondary N) is 1. The number of nitrogens with zero attached hydrogens (tertiary/aromatic N) is 6. The molecule has 0 radical (unpaired) electrons. The van der Waals surface area contributed by atoms with E-state index in [-0.39, 0.29) is 17.4 Å². The topological polar surface area (TPSA) is 149 Å². The molecule has 12 nitrogen and oxygen atoms in total. The highest BCUT2D eigenvalue weighted by atomic mass is 32.2. The Morgan fingerprint density at radius 2 is 1.60 bits per heavy atom. The summed E-state index contributed by atoms with van der Waals surface area (Å²) in [7, 11) is -0.958. The third-order valence-corrected chi connectivity index (χ3v) is 6.22. The molecule has 0 atom stereocenters. The molecule has 2 aromatic rings. The Kier molecular flexibility index (Phi) is 7.18. The van der Waals surface area contributed by atoms with Crippen LogP contribution in [0.3, 0.4) is 0 Å². The normalized spacial score (nSPS) is 12.1. The molecule has 1 aromatic carbocycles. The van der Waals surface area contributed by atoms with Crippen LogP contribution in [0.4, 0.5) is 23.5 Å². The van der Waals surface area contributed by atoms with Crippen molar-refractivity contribution in [2.24, 2.45) is 0 Å². The molecule has 0 aliphatic rings. The molecule has 14 heteroatoms. The lowest BCUT2D eigenvalue weighted by Gasteiger charge is -2.22. The van der Waals surface area contributed by atoms with E-state index in [0.717, 1.165) is 6.26 Å². The zero-order valence-corrected chi connectivity index (χ0v) is 18.9. The molecular weight excluding hydrogens is 434 g/mol. The van der Waals surface area contributed by atoms with Crippen molar-refractivity contribution in [3.8, 4) is 0 Å². The van der Waals surface area contributed by atoms with Crippen molar-refractivity contribution in [2.75, 3.05) is 62.7 Å². The van der Waals surface area contributed by atoms with E-state index < -0.39 is 20.1 Å². The van der Waals surface area contributed by atoms with Crippen LogP contribution in [0.25, 0.3) is 0 Å². The Hall–Kier alpha value is -2.55. The second kappa shape index (κ2) is 9.07.